The molecule has 2 saturated carbocycles. The van der Waals surface area contributed by atoms with Gasteiger partial charge in [0.2, 0.25) is 0 Å². The zero-order chi connectivity index (χ0) is 10.9. The van der Waals surface area contributed by atoms with Gasteiger partial charge < -0.3 is 5.11 Å². The fourth-order valence-electron chi connectivity index (χ4n) is 4.47. The largest absolute Gasteiger partial charge is 0.388 e. The molecule has 0 saturated heterocycles. The van der Waals surface area contributed by atoms with Crippen molar-refractivity contribution in [3.05, 3.63) is 24.3 Å². The number of carbonyl (C=O) groups excluding carboxylic acids is 1. The van der Waals surface area contributed by atoms with Crippen molar-refractivity contribution in [1.29, 1.82) is 0 Å². The molecule has 2 fully saturated rings. The topological polar surface area (TPSA) is 37.3 Å². The van der Waals surface area contributed by atoms with Gasteiger partial charge in [-0.25, -0.2) is 0 Å². The molecule has 0 aromatic carbocycles. The maximum absolute atomic E-state index is 12.2. The van der Waals surface area contributed by atoms with Crippen LogP contribution in [0.4, 0.5) is 0 Å². The highest BCUT2D eigenvalue weighted by molar-refractivity contribution is 5.90. The van der Waals surface area contributed by atoms with Gasteiger partial charge in [-0.3, -0.25) is 4.79 Å². The molecular weight excluding hydrogens is 200 g/mol. The lowest BCUT2D eigenvalue weighted by atomic mass is 9.71. The van der Waals surface area contributed by atoms with Crippen LogP contribution >= 0.6 is 0 Å². The molecular formula is C14H16O2. The lowest BCUT2D eigenvalue weighted by Crippen LogP contribution is -2.47. The Bertz CT molecular complexity index is 422. The molecule has 84 valence electrons. The van der Waals surface area contributed by atoms with E-state index in [0.717, 1.165) is 19.3 Å². The van der Waals surface area contributed by atoms with Crippen molar-refractivity contribution in [3.8, 4) is 0 Å². The molecule has 0 radical (unpaired) electrons. The smallest absolute Gasteiger partial charge is 0.146 e. The Balaban J connectivity index is 1.74. The number of carbonyl (C=O) groups is 1. The van der Waals surface area contributed by atoms with Crippen LogP contribution in [0.1, 0.15) is 19.3 Å². The highest BCUT2D eigenvalue weighted by Gasteiger charge is 2.60. The Morgan fingerprint density at radius 1 is 1.19 bits per heavy atom. The van der Waals surface area contributed by atoms with E-state index in [1.54, 1.807) is 0 Å². The van der Waals surface area contributed by atoms with E-state index in [4.69, 9.17) is 0 Å². The van der Waals surface area contributed by atoms with Crippen LogP contribution in [0.3, 0.4) is 0 Å². The van der Waals surface area contributed by atoms with Crippen LogP contribution < -0.4 is 0 Å². The summed E-state index contributed by atoms with van der Waals surface area (Å²) in [5, 5.41) is 10.9. The number of rotatable bonds is 1. The predicted octanol–water partition coefficient (Wildman–Crippen LogP) is 1.70. The van der Waals surface area contributed by atoms with E-state index in [1.807, 2.05) is 6.08 Å². The summed E-state index contributed by atoms with van der Waals surface area (Å²) in [6, 6.07) is 0. The highest BCUT2D eigenvalue weighted by atomic mass is 16.3. The summed E-state index contributed by atoms with van der Waals surface area (Å²) in [5.74, 6) is 1.38. The maximum Gasteiger partial charge on any atom is 0.146 e. The van der Waals surface area contributed by atoms with Crippen molar-refractivity contribution >= 4 is 5.78 Å². The molecule has 6 atom stereocenters. The Morgan fingerprint density at radius 3 is 2.62 bits per heavy atom. The van der Waals surface area contributed by atoms with Gasteiger partial charge in [0, 0.05) is 11.8 Å². The zero-order valence-electron chi connectivity index (χ0n) is 9.17. The highest BCUT2D eigenvalue weighted by Crippen LogP contribution is 2.56. The molecule has 4 aliphatic rings. The number of hydrogen-bond donors (Lipinski definition) is 1. The normalized spacial score (nSPS) is 56.8. The molecule has 1 N–H and O–H groups in total. The first kappa shape index (κ1) is 9.17. The van der Waals surface area contributed by atoms with Crippen molar-refractivity contribution in [1.82, 2.24) is 0 Å². The second-order valence-corrected chi connectivity index (χ2v) is 5.95. The Morgan fingerprint density at radius 2 is 2.06 bits per heavy atom. The van der Waals surface area contributed by atoms with Gasteiger partial charge >= 0.3 is 0 Å². The SMILES string of the molecule is O=C1[C@@H]2C=C[C@@H](C2)[C@H]1[C@]1(O)C[C@H]2C=C[C@@H]1C2. The second-order valence-electron chi connectivity index (χ2n) is 5.95. The molecule has 4 aliphatic carbocycles. The van der Waals surface area contributed by atoms with Crippen LogP contribution in [0.5, 0.6) is 0 Å². The first-order chi connectivity index (χ1) is 7.68. The van der Waals surface area contributed by atoms with Crippen molar-refractivity contribution in [3.63, 3.8) is 0 Å². The monoisotopic (exact) mass is 216 g/mol. The van der Waals surface area contributed by atoms with E-state index in [1.165, 1.54) is 0 Å². The summed E-state index contributed by atoms with van der Waals surface area (Å²) in [5.41, 5.74) is -0.722. The number of fused-ring (bicyclic) bond motifs is 4. The zero-order valence-corrected chi connectivity index (χ0v) is 9.17. The maximum atomic E-state index is 12.2. The average molecular weight is 216 g/mol. The number of Topliss-reactive ketones (excluding diaryl/α,β-unsaturated/α-hetero) is 1. The average Bonchev–Trinajstić information content (AvgIpc) is 2.92. The third-order valence-electron chi connectivity index (χ3n) is 5.16. The van der Waals surface area contributed by atoms with E-state index in [-0.39, 0.29) is 17.8 Å². The summed E-state index contributed by atoms with van der Waals surface area (Å²) in [6.07, 6.45) is 11.4. The van der Waals surface area contributed by atoms with Crippen molar-refractivity contribution in [2.75, 3.05) is 0 Å². The Hall–Kier alpha value is -0.890. The van der Waals surface area contributed by atoms with Gasteiger partial charge in [-0.1, -0.05) is 24.3 Å². The van der Waals surface area contributed by atoms with E-state index in [0.29, 0.717) is 17.6 Å². The van der Waals surface area contributed by atoms with Crippen molar-refractivity contribution < 1.29 is 9.90 Å². The van der Waals surface area contributed by atoms with Gasteiger partial charge in [-0.15, -0.1) is 0 Å². The predicted molar refractivity (Wildman–Crippen MR) is 59.5 cm³/mol. The van der Waals surface area contributed by atoms with Crippen LogP contribution in [0.25, 0.3) is 0 Å². The van der Waals surface area contributed by atoms with Crippen LogP contribution in [-0.4, -0.2) is 16.5 Å². The molecule has 0 spiro atoms. The lowest BCUT2D eigenvalue weighted by molar-refractivity contribution is -0.135. The quantitative estimate of drug-likeness (QED) is 0.677. The third kappa shape index (κ3) is 0.904. The summed E-state index contributed by atoms with van der Waals surface area (Å²) >= 11 is 0. The molecule has 0 unspecified atom stereocenters. The molecule has 2 nitrogen and oxygen atoms in total. The summed E-state index contributed by atoms with van der Waals surface area (Å²) in [7, 11) is 0. The molecule has 4 bridgehead atoms. The molecule has 2 heteroatoms. The van der Waals surface area contributed by atoms with Crippen molar-refractivity contribution in [2.24, 2.45) is 29.6 Å². The molecule has 0 amide bonds. The standard InChI is InChI=1S/C14H16O2/c15-13-10-3-2-9(6-10)12(13)14(16)7-8-1-4-11(14)5-8/h1-4,8-12,16H,5-7H2/t8-,9-,10+,11+,12+,14-/m0/s1. The van der Waals surface area contributed by atoms with Gasteiger partial charge in [-0.2, -0.15) is 0 Å². The van der Waals surface area contributed by atoms with Crippen molar-refractivity contribution in [2.45, 2.75) is 24.9 Å². The molecule has 0 aromatic rings. The summed E-state index contributed by atoms with van der Waals surface area (Å²) < 4.78 is 0. The van der Waals surface area contributed by atoms with Gasteiger partial charge in [0.05, 0.1) is 11.5 Å². The van der Waals surface area contributed by atoms with Gasteiger partial charge in [0.1, 0.15) is 5.78 Å². The van der Waals surface area contributed by atoms with E-state index in [2.05, 4.69) is 18.2 Å². The fraction of sp³-hybridized carbons (Fsp3) is 0.643. The first-order valence-corrected chi connectivity index (χ1v) is 6.31. The van der Waals surface area contributed by atoms with E-state index in [9.17, 15) is 9.90 Å². The lowest BCUT2D eigenvalue weighted by Gasteiger charge is -2.38. The summed E-state index contributed by atoms with van der Waals surface area (Å²) in [6.45, 7) is 0. The number of hydrogen-bond acceptors (Lipinski definition) is 2. The molecule has 4 rings (SSSR count). The number of allylic oxidation sites excluding steroid dienone is 3. The minimum Gasteiger partial charge on any atom is -0.388 e. The van der Waals surface area contributed by atoms with Crippen LogP contribution in [0.2, 0.25) is 0 Å². The van der Waals surface area contributed by atoms with Crippen LogP contribution in [0, 0.1) is 29.6 Å². The number of aliphatic hydroxyl groups is 1. The second kappa shape index (κ2) is 2.67. The minimum atomic E-state index is -0.722. The number of ketones is 1. The Labute approximate surface area is 95.0 Å². The van der Waals surface area contributed by atoms with Gasteiger partial charge in [0.25, 0.3) is 0 Å². The third-order valence-corrected chi connectivity index (χ3v) is 5.16. The van der Waals surface area contributed by atoms with Gasteiger partial charge in [0.15, 0.2) is 0 Å². The molecule has 0 aliphatic heterocycles. The summed E-state index contributed by atoms with van der Waals surface area (Å²) in [4.78, 5) is 12.2. The fourth-order valence-corrected chi connectivity index (χ4v) is 4.47. The molecule has 0 heterocycles. The van der Waals surface area contributed by atoms with E-state index < -0.39 is 5.60 Å². The first-order valence-electron chi connectivity index (χ1n) is 6.31. The molecule has 16 heavy (non-hydrogen) atoms. The Kier molecular flexibility index (Phi) is 1.53. The van der Waals surface area contributed by atoms with Crippen LogP contribution in [-0.2, 0) is 4.79 Å². The van der Waals surface area contributed by atoms with Crippen LogP contribution in [0.15, 0.2) is 24.3 Å². The minimum absolute atomic E-state index is 0.109. The van der Waals surface area contributed by atoms with Gasteiger partial charge in [-0.05, 0) is 31.1 Å². The van der Waals surface area contributed by atoms with E-state index >= 15 is 0 Å². The molecule has 0 aromatic heterocycles.